The number of carbonyl (C=O) groups excluding carboxylic acids is 2. The average molecular weight is 456 g/mol. The van der Waals surface area contributed by atoms with Gasteiger partial charge in [0.05, 0.1) is 11.4 Å². The van der Waals surface area contributed by atoms with E-state index in [9.17, 15) is 14.0 Å². The van der Waals surface area contributed by atoms with Crippen LogP contribution in [-0.4, -0.2) is 58.8 Å². The first-order valence-electron chi connectivity index (χ1n) is 11.0. The average Bonchev–Trinajstić information content (AvgIpc) is 3.10. The van der Waals surface area contributed by atoms with Crippen LogP contribution in [0, 0.1) is 5.95 Å². The number of fused-ring (bicyclic) bond motifs is 1. The lowest BCUT2D eigenvalue weighted by Crippen LogP contribution is -2.51. The third kappa shape index (κ3) is 4.24. The molecule has 2 fully saturated rings. The predicted octanol–water partition coefficient (Wildman–Crippen LogP) is 2.09. The van der Waals surface area contributed by atoms with E-state index in [0.717, 1.165) is 38.3 Å². The number of thiol groups is 1. The van der Waals surface area contributed by atoms with Crippen molar-refractivity contribution >= 4 is 30.3 Å². The number of anilines is 1. The Morgan fingerprint density at radius 1 is 1.12 bits per heavy atom. The molecule has 1 aromatic carbocycles. The second kappa shape index (κ2) is 8.80. The highest BCUT2D eigenvalue weighted by Gasteiger charge is 2.39. The number of imide groups is 1. The molecule has 7 nitrogen and oxygen atoms in total. The number of piperazine rings is 1. The maximum atomic E-state index is 13.4. The van der Waals surface area contributed by atoms with Gasteiger partial charge in [-0.2, -0.15) is 17.0 Å². The molecule has 5 rings (SSSR count). The Hall–Kier alpha value is -2.49. The summed E-state index contributed by atoms with van der Waals surface area (Å²) in [6, 6.07) is 11.1. The molecule has 32 heavy (non-hydrogen) atoms. The molecule has 0 saturated carbocycles. The van der Waals surface area contributed by atoms with Crippen LogP contribution in [-0.2, 0) is 22.7 Å². The number of nitrogens with zero attached hydrogens (tertiary/aromatic N) is 4. The molecule has 2 unspecified atom stereocenters. The normalized spacial score (nSPS) is 24.5. The van der Waals surface area contributed by atoms with Gasteiger partial charge >= 0.3 is 0 Å². The Kier molecular flexibility index (Phi) is 5.88. The number of benzene rings is 1. The quantitative estimate of drug-likeness (QED) is 0.418. The molecule has 0 spiro atoms. The van der Waals surface area contributed by atoms with Gasteiger partial charge in [0.15, 0.2) is 0 Å². The first-order chi connectivity index (χ1) is 15.5. The smallest absolute Gasteiger partial charge is 0.243 e. The third-order valence-electron chi connectivity index (χ3n) is 6.57. The van der Waals surface area contributed by atoms with Crippen molar-refractivity contribution in [2.45, 2.75) is 37.3 Å². The van der Waals surface area contributed by atoms with E-state index in [4.69, 9.17) is 12.6 Å². The molecule has 168 valence electrons. The highest BCUT2D eigenvalue weighted by molar-refractivity contribution is 7.80. The molecule has 4 heterocycles. The number of pyridine rings is 1. The Morgan fingerprint density at radius 2 is 1.94 bits per heavy atom. The van der Waals surface area contributed by atoms with E-state index in [0.29, 0.717) is 25.2 Å². The van der Waals surface area contributed by atoms with Gasteiger partial charge in [-0.1, -0.05) is 24.3 Å². The lowest BCUT2D eigenvalue weighted by atomic mass is 10.0. The highest BCUT2D eigenvalue weighted by Crippen LogP contribution is 2.39. The minimum Gasteiger partial charge on any atom is -0.354 e. The van der Waals surface area contributed by atoms with Gasteiger partial charge in [0.25, 0.3) is 0 Å². The molecule has 1 aromatic heterocycles. The molecular formula is C23H26FN5O2S. The zero-order chi connectivity index (χ0) is 22.2. The fourth-order valence-electron chi connectivity index (χ4n) is 4.84. The van der Waals surface area contributed by atoms with Crippen molar-refractivity contribution in [2.75, 3.05) is 31.1 Å². The summed E-state index contributed by atoms with van der Waals surface area (Å²) < 4.78 is 13.4. The van der Waals surface area contributed by atoms with Crippen LogP contribution < -0.4 is 10.2 Å². The predicted molar refractivity (Wildman–Crippen MR) is 122 cm³/mol. The summed E-state index contributed by atoms with van der Waals surface area (Å²) >= 11 is 4.82. The number of aromatic nitrogens is 1. The number of piperidine rings is 1. The summed E-state index contributed by atoms with van der Waals surface area (Å²) in [4.78, 5) is 34.4. The SMILES string of the molecule is O=C1CCC(N2Cc3ccc(CN4CCN(c5cccc(F)n5)CC4)cc3C2S)C(=O)N1. The number of nitrogens with one attached hydrogen (secondary N) is 1. The molecule has 1 N–H and O–H groups in total. The van der Waals surface area contributed by atoms with Crippen molar-refractivity contribution in [3.05, 3.63) is 59.0 Å². The van der Waals surface area contributed by atoms with Crippen LogP contribution in [0.1, 0.15) is 34.9 Å². The Labute approximate surface area is 192 Å². The Balaban J connectivity index is 1.21. The van der Waals surface area contributed by atoms with E-state index in [1.165, 1.54) is 17.2 Å². The van der Waals surface area contributed by atoms with Gasteiger partial charge < -0.3 is 4.90 Å². The van der Waals surface area contributed by atoms with Crippen LogP contribution >= 0.6 is 12.6 Å². The van der Waals surface area contributed by atoms with E-state index in [-0.39, 0.29) is 23.2 Å². The van der Waals surface area contributed by atoms with Crippen molar-refractivity contribution in [3.8, 4) is 0 Å². The minimum absolute atomic E-state index is 0.162. The van der Waals surface area contributed by atoms with Gasteiger partial charge in [0.1, 0.15) is 5.82 Å². The van der Waals surface area contributed by atoms with E-state index < -0.39 is 5.95 Å². The largest absolute Gasteiger partial charge is 0.354 e. The number of amides is 2. The second-order valence-electron chi connectivity index (χ2n) is 8.63. The van der Waals surface area contributed by atoms with Crippen molar-refractivity contribution in [1.29, 1.82) is 0 Å². The first-order valence-corrected chi connectivity index (χ1v) is 11.5. The zero-order valence-corrected chi connectivity index (χ0v) is 18.6. The molecule has 2 aromatic rings. The molecular weight excluding hydrogens is 429 g/mol. The highest BCUT2D eigenvalue weighted by atomic mass is 32.1. The number of halogens is 1. The topological polar surface area (TPSA) is 68.8 Å². The summed E-state index contributed by atoms with van der Waals surface area (Å²) in [6.45, 7) is 4.86. The van der Waals surface area contributed by atoms with Gasteiger partial charge in [-0.3, -0.25) is 24.7 Å². The monoisotopic (exact) mass is 455 g/mol. The van der Waals surface area contributed by atoms with Crippen LogP contribution in [0.15, 0.2) is 36.4 Å². The molecule has 0 bridgehead atoms. The Morgan fingerprint density at radius 3 is 2.69 bits per heavy atom. The standard InChI is InChI=1S/C23H26FN5O2S/c24-19-2-1-3-20(25-19)28-10-8-27(9-11-28)13-15-4-5-16-14-29(23(32)17(16)12-15)18-6-7-21(30)26-22(18)31/h1-5,12,18,23,32H,6-11,13-14H2,(H,26,30,31). The molecule has 3 aliphatic heterocycles. The van der Waals surface area contributed by atoms with Crippen molar-refractivity contribution in [1.82, 2.24) is 20.1 Å². The van der Waals surface area contributed by atoms with Crippen molar-refractivity contribution in [2.24, 2.45) is 0 Å². The lowest BCUT2D eigenvalue weighted by molar-refractivity contribution is -0.137. The molecule has 2 amide bonds. The van der Waals surface area contributed by atoms with Crippen molar-refractivity contribution < 1.29 is 14.0 Å². The van der Waals surface area contributed by atoms with E-state index in [1.807, 2.05) is 6.07 Å². The number of carbonyl (C=O) groups is 2. The summed E-state index contributed by atoms with van der Waals surface area (Å²) in [5.74, 6) is -0.183. The number of hydrogen-bond donors (Lipinski definition) is 2. The molecule has 3 aliphatic rings. The van der Waals surface area contributed by atoms with Gasteiger partial charge in [-0.05, 0) is 35.2 Å². The maximum absolute atomic E-state index is 13.4. The first kappa shape index (κ1) is 21.4. The minimum atomic E-state index is -0.448. The fraction of sp³-hybridized carbons (Fsp3) is 0.435. The lowest BCUT2D eigenvalue weighted by Gasteiger charge is -2.35. The van der Waals surface area contributed by atoms with E-state index in [2.05, 4.69) is 43.2 Å². The summed E-state index contributed by atoms with van der Waals surface area (Å²) in [7, 11) is 0. The summed E-state index contributed by atoms with van der Waals surface area (Å²) in [6.07, 6.45) is 0.902. The number of hydrogen-bond acceptors (Lipinski definition) is 7. The molecule has 0 radical (unpaired) electrons. The molecule has 2 saturated heterocycles. The third-order valence-corrected chi connectivity index (χ3v) is 7.14. The van der Waals surface area contributed by atoms with Gasteiger partial charge in [-0.25, -0.2) is 4.98 Å². The Bertz CT molecular complexity index is 1040. The molecule has 0 aliphatic carbocycles. The van der Waals surface area contributed by atoms with Crippen LogP contribution in [0.2, 0.25) is 0 Å². The van der Waals surface area contributed by atoms with Crippen LogP contribution in [0.5, 0.6) is 0 Å². The summed E-state index contributed by atoms with van der Waals surface area (Å²) in [5, 5.41) is 2.29. The van der Waals surface area contributed by atoms with Crippen LogP contribution in [0.25, 0.3) is 0 Å². The molecule has 2 atom stereocenters. The van der Waals surface area contributed by atoms with Gasteiger partial charge in [-0.15, -0.1) is 0 Å². The van der Waals surface area contributed by atoms with E-state index >= 15 is 0 Å². The second-order valence-corrected chi connectivity index (χ2v) is 9.12. The van der Waals surface area contributed by atoms with Gasteiger partial charge in [0.2, 0.25) is 17.8 Å². The van der Waals surface area contributed by atoms with Crippen LogP contribution in [0.3, 0.4) is 0 Å². The number of rotatable bonds is 4. The van der Waals surface area contributed by atoms with E-state index in [1.54, 1.807) is 6.07 Å². The van der Waals surface area contributed by atoms with Gasteiger partial charge in [0, 0.05) is 45.7 Å². The molecule has 9 heteroatoms. The zero-order valence-electron chi connectivity index (χ0n) is 17.7. The van der Waals surface area contributed by atoms with Crippen LogP contribution in [0.4, 0.5) is 10.2 Å². The fourth-order valence-corrected chi connectivity index (χ4v) is 5.32. The van der Waals surface area contributed by atoms with Crippen molar-refractivity contribution in [3.63, 3.8) is 0 Å². The maximum Gasteiger partial charge on any atom is 0.243 e. The summed E-state index contributed by atoms with van der Waals surface area (Å²) in [5.41, 5.74) is 3.53.